The molecule has 0 saturated heterocycles. The van der Waals surface area contributed by atoms with Crippen LogP contribution < -0.4 is 0 Å². The maximum atomic E-state index is 2.69. The maximum absolute atomic E-state index is 2.69. The number of rotatable bonds is 7. The van der Waals surface area contributed by atoms with Crippen molar-refractivity contribution in [1.82, 2.24) is 4.90 Å². The van der Waals surface area contributed by atoms with Crippen molar-refractivity contribution in [2.75, 3.05) is 0 Å². The van der Waals surface area contributed by atoms with Crippen LogP contribution in [0.1, 0.15) is 59.9 Å². The van der Waals surface area contributed by atoms with Crippen LogP contribution in [0.4, 0.5) is 0 Å². The van der Waals surface area contributed by atoms with E-state index in [1.807, 2.05) is 0 Å². The van der Waals surface area contributed by atoms with E-state index in [0.717, 1.165) is 44.9 Å². The van der Waals surface area contributed by atoms with Gasteiger partial charge in [0.1, 0.15) is 0 Å². The lowest BCUT2D eigenvalue weighted by Crippen LogP contribution is -2.36. The number of allylic oxidation sites excluding steroid dienone is 9. The summed E-state index contributed by atoms with van der Waals surface area (Å²) in [4.78, 5) is 2.69. The summed E-state index contributed by atoms with van der Waals surface area (Å²) in [6, 6.07) is 47.0. The van der Waals surface area contributed by atoms with Crippen molar-refractivity contribution in [3.8, 4) is 33.4 Å². The zero-order chi connectivity index (χ0) is 36.6. The summed E-state index contributed by atoms with van der Waals surface area (Å²) in [7, 11) is 0. The predicted octanol–water partition coefficient (Wildman–Crippen LogP) is 14.0. The van der Waals surface area contributed by atoms with Crippen molar-refractivity contribution < 1.29 is 0 Å². The summed E-state index contributed by atoms with van der Waals surface area (Å²) in [5.74, 6) is 0. The van der Waals surface area contributed by atoms with Crippen LogP contribution in [0.2, 0.25) is 0 Å². The molecule has 266 valence electrons. The fourth-order valence-corrected chi connectivity index (χ4v) is 9.38. The van der Waals surface area contributed by atoms with E-state index in [-0.39, 0.29) is 6.04 Å². The minimum absolute atomic E-state index is 0.289. The molecule has 0 bridgehead atoms. The second kappa shape index (κ2) is 14.6. The third-order valence-electron chi connectivity index (χ3n) is 12.1. The maximum Gasteiger partial charge on any atom is 0.0560 e. The van der Waals surface area contributed by atoms with Gasteiger partial charge in [-0.3, -0.25) is 0 Å². The molecule has 0 saturated carbocycles. The molecular weight excluding hydrogens is 663 g/mol. The molecule has 0 heterocycles. The zero-order valence-corrected chi connectivity index (χ0v) is 31.3. The number of fused-ring (bicyclic) bond motifs is 6. The SMILES string of the molecule is C1=CCCC(N(C2=CC=C(c3ccc(-c4cc(-c5ccccc5)ccc4-c4ccccc4)cc3)CC2)C2C=Cc3c(c4c(c5ccccc35)CCC=C4)C2)=C1. The minimum atomic E-state index is 0.289. The van der Waals surface area contributed by atoms with Crippen LogP contribution in [-0.4, -0.2) is 10.9 Å². The van der Waals surface area contributed by atoms with E-state index in [4.69, 9.17) is 0 Å². The molecule has 0 fully saturated rings. The third-order valence-corrected chi connectivity index (χ3v) is 12.1. The largest absolute Gasteiger partial charge is 0.341 e. The molecule has 0 spiro atoms. The summed E-state index contributed by atoms with van der Waals surface area (Å²) >= 11 is 0. The molecule has 6 aromatic rings. The monoisotopic (exact) mass is 707 g/mol. The Morgan fingerprint density at radius 2 is 1.15 bits per heavy atom. The Morgan fingerprint density at radius 1 is 0.455 bits per heavy atom. The molecule has 1 heteroatoms. The van der Waals surface area contributed by atoms with Crippen LogP contribution in [0.5, 0.6) is 0 Å². The molecule has 10 rings (SSSR count). The van der Waals surface area contributed by atoms with Gasteiger partial charge in [0.25, 0.3) is 0 Å². The number of benzene rings is 6. The van der Waals surface area contributed by atoms with Crippen molar-refractivity contribution in [1.29, 1.82) is 0 Å². The first kappa shape index (κ1) is 33.4. The average Bonchev–Trinajstić information content (AvgIpc) is 3.28. The zero-order valence-electron chi connectivity index (χ0n) is 31.3. The van der Waals surface area contributed by atoms with Gasteiger partial charge in [-0.05, 0) is 141 Å². The standard InChI is InChI=1S/C54H45N/c1-4-14-38(15-5-1)43-30-34-47(41-16-6-2-7-17-41)53(36-43)42-26-24-39(25-27-42)40-28-31-45(32-29-40)55(44-18-8-3-9-19-44)46-33-35-52-50-22-11-10-20-48(50)49-21-12-13-23-51(49)54(52)37-46/h1-8,10-11,13-18,20,22-28,30-31,33-36,46H,9,12,19,21,29,32,37H2. The number of aryl methyl sites for hydroxylation is 1. The van der Waals surface area contributed by atoms with E-state index < -0.39 is 0 Å². The molecule has 1 unspecified atom stereocenters. The fourth-order valence-electron chi connectivity index (χ4n) is 9.38. The summed E-state index contributed by atoms with van der Waals surface area (Å²) in [5.41, 5.74) is 19.0. The summed E-state index contributed by atoms with van der Waals surface area (Å²) in [6.07, 6.45) is 29.0. The lowest BCUT2D eigenvalue weighted by molar-refractivity contribution is 0.334. The van der Waals surface area contributed by atoms with Gasteiger partial charge in [0, 0.05) is 11.4 Å². The second-order valence-corrected chi connectivity index (χ2v) is 15.3. The Kier molecular flexibility index (Phi) is 8.85. The van der Waals surface area contributed by atoms with E-state index in [9.17, 15) is 0 Å². The highest BCUT2D eigenvalue weighted by atomic mass is 15.2. The van der Waals surface area contributed by atoms with Gasteiger partial charge < -0.3 is 4.90 Å². The van der Waals surface area contributed by atoms with E-state index in [2.05, 4.69) is 187 Å². The summed E-state index contributed by atoms with van der Waals surface area (Å²) in [6.45, 7) is 0. The Bertz CT molecular complexity index is 2590. The van der Waals surface area contributed by atoms with Gasteiger partial charge in [0.2, 0.25) is 0 Å². The van der Waals surface area contributed by atoms with Gasteiger partial charge in [-0.1, -0.05) is 164 Å². The molecule has 0 N–H and O–H groups in total. The van der Waals surface area contributed by atoms with Crippen molar-refractivity contribution >= 4 is 28.5 Å². The molecule has 0 amide bonds. The van der Waals surface area contributed by atoms with Gasteiger partial charge in [-0.25, -0.2) is 0 Å². The Hall–Kier alpha value is -6.18. The predicted molar refractivity (Wildman–Crippen MR) is 234 cm³/mol. The van der Waals surface area contributed by atoms with Gasteiger partial charge in [0.05, 0.1) is 6.04 Å². The Labute approximate surface area is 325 Å². The van der Waals surface area contributed by atoms with Crippen molar-refractivity contribution in [3.05, 3.63) is 209 Å². The molecule has 1 atom stereocenters. The third kappa shape index (κ3) is 6.34. The van der Waals surface area contributed by atoms with E-state index >= 15 is 0 Å². The van der Waals surface area contributed by atoms with Crippen molar-refractivity contribution in [3.63, 3.8) is 0 Å². The Balaban J connectivity index is 0.973. The van der Waals surface area contributed by atoms with E-state index in [1.165, 1.54) is 88.9 Å². The van der Waals surface area contributed by atoms with Crippen LogP contribution in [-0.2, 0) is 12.8 Å². The smallest absolute Gasteiger partial charge is 0.0560 e. The highest BCUT2D eigenvalue weighted by Crippen LogP contribution is 2.42. The first-order valence-corrected chi connectivity index (χ1v) is 20.1. The first-order chi connectivity index (χ1) is 27.3. The molecule has 4 aliphatic rings. The number of hydrogen-bond acceptors (Lipinski definition) is 1. The van der Waals surface area contributed by atoms with Crippen molar-refractivity contribution in [2.24, 2.45) is 0 Å². The average molecular weight is 708 g/mol. The molecule has 0 aromatic heterocycles. The Morgan fingerprint density at radius 3 is 1.91 bits per heavy atom. The van der Waals surface area contributed by atoms with Gasteiger partial charge >= 0.3 is 0 Å². The van der Waals surface area contributed by atoms with Gasteiger partial charge in [-0.2, -0.15) is 0 Å². The highest BCUT2D eigenvalue weighted by molar-refractivity contribution is 5.98. The lowest BCUT2D eigenvalue weighted by atomic mass is 9.80. The normalized spacial score (nSPS) is 17.2. The highest BCUT2D eigenvalue weighted by Gasteiger charge is 2.29. The van der Waals surface area contributed by atoms with Crippen LogP contribution in [0.3, 0.4) is 0 Å². The lowest BCUT2D eigenvalue weighted by Gasteiger charge is -2.40. The van der Waals surface area contributed by atoms with Crippen LogP contribution in [0.25, 0.3) is 61.9 Å². The van der Waals surface area contributed by atoms with Gasteiger partial charge in [0.15, 0.2) is 0 Å². The fraction of sp³-hybridized carbons (Fsp3) is 0.148. The van der Waals surface area contributed by atoms with Crippen molar-refractivity contribution in [2.45, 2.75) is 51.0 Å². The summed E-state index contributed by atoms with van der Waals surface area (Å²) < 4.78 is 0. The quantitative estimate of drug-likeness (QED) is 0.160. The number of hydrogen-bond donors (Lipinski definition) is 0. The number of nitrogens with zero attached hydrogens (tertiary/aromatic N) is 1. The van der Waals surface area contributed by atoms with Crippen LogP contribution >= 0.6 is 0 Å². The second-order valence-electron chi connectivity index (χ2n) is 15.3. The molecule has 0 aliphatic heterocycles. The molecule has 1 nitrogen and oxygen atoms in total. The molecule has 4 aliphatic carbocycles. The first-order valence-electron chi connectivity index (χ1n) is 20.1. The van der Waals surface area contributed by atoms with E-state index in [1.54, 1.807) is 0 Å². The van der Waals surface area contributed by atoms with Gasteiger partial charge in [-0.15, -0.1) is 0 Å². The topological polar surface area (TPSA) is 3.24 Å². The molecular formula is C54H45N. The summed E-state index contributed by atoms with van der Waals surface area (Å²) in [5, 5.41) is 2.84. The van der Waals surface area contributed by atoms with E-state index in [0.29, 0.717) is 0 Å². The van der Waals surface area contributed by atoms with Crippen LogP contribution in [0.15, 0.2) is 181 Å². The molecule has 6 aromatic carbocycles. The minimum Gasteiger partial charge on any atom is -0.341 e. The molecule has 55 heavy (non-hydrogen) atoms. The molecule has 0 radical (unpaired) electrons. The van der Waals surface area contributed by atoms with Crippen LogP contribution in [0, 0.1) is 0 Å².